The molecule has 1 heterocycles. The summed E-state index contributed by atoms with van der Waals surface area (Å²) in [6.07, 6.45) is 2.73. The van der Waals surface area contributed by atoms with Crippen molar-refractivity contribution in [1.82, 2.24) is 10.3 Å². The van der Waals surface area contributed by atoms with Crippen molar-refractivity contribution < 1.29 is 17.9 Å². The van der Waals surface area contributed by atoms with Gasteiger partial charge in [-0.1, -0.05) is 6.07 Å². The highest BCUT2D eigenvalue weighted by Crippen LogP contribution is 2.14. The summed E-state index contributed by atoms with van der Waals surface area (Å²) >= 11 is 0. The van der Waals surface area contributed by atoms with Gasteiger partial charge in [-0.15, -0.1) is 0 Å². The van der Waals surface area contributed by atoms with Crippen LogP contribution in [0.2, 0.25) is 0 Å². The molecule has 0 spiro atoms. The van der Waals surface area contributed by atoms with E-state index in [0.717, 1.165) is 11.8 Å². The fourth-order valence-electron chi connectivity index (χ4n) is 1.87. The molecule has 7 heteroatoms. The lowest BCUT2D eigenvalue weighted by molar-refractivity contribution is 0.0950. The van der Waals surface area contributed by atoms with Crippen molar-refractivity contribution >= 4 is 15.7 Å². The van der Waals surface area contributed by atoms with Crippen LogP contribution in [0.3, 0.4) is 0 Å². The Morgan fingerprint density at radius 1 is 1.23 bits per heavy atom. The zero-order chi connectivity index (χ0) is 16.2. The fourth-order valence-corrected chi connectivity index (χ4v) is 2.50. The molecular weight excluding hydrogens is 304 g/mol. The first-order chi connectivity index (χ1) is 10.4. The zero-order valence-electron chi connectivity index (χ0n) is 12.2. The summed E-state index contributed by atoms with van der Waals surface area (Å²) in [5, 5.41) is 2.74. The molecular formula is C15H16N2O4S. The number of nitrogens with one attached hydrogen (secondary N) is 1. The number of methoxy groups -OCH3 is 1. The van der Waals surface area contributed by atoms with Gasteiger partial charge in [-0.3, -0.25) is 4.79 Å². The van der Waals surface area contributed by atoms with E-state index < -0.39 is 9.84 Å². The highest BCUT2D eigenvalue weighted by Gasteiger charge is 2.11. The normalized spacial score (nSPS) is 11.0. The predicted molar refractivity (Wildman–Crippen MR) is 81.5 cm³/mol. The molecule has 116 valence electrons. The number of carbonyl (C=O) groups is 1. The Balaban J connectivity index is 2.06. The Labute approximate surface area is 129 Å². The molecule has 0 aliphatic rings. The molecule has 0 saturated carbocycles. The van der Waals surface area contributed by atoms with Crippen LogP contribution in [-0.2, 0) is 16.4 Å². The van der Waals surface area contributed by atoms with Crippen molar-refractivity contribution in [3.8, 4) is 5.88 Å². The van der Waals surface area contributed by atoms with Gasteiger partial charge >= 0.3 is 0 Å². The highest BCUT2D eigenvalue weighted by molar-refractivity contribution is 7.90. The number of rotatable bonds is 5. The molecule has 1 amide bonds. The number of benzene rings is 1. The maximum absolute atomic E-state index is 12.1. The molecule has 0 bridgehead atoms. The molecule has 0 atom stereocenters. The molecule has 0 fully saturated rings. The van der Waals surface area contributed by atoms with E-state index in [2.05, 4.69) is 10.3 Å². The fraction of sp³-hybridized carbons (Fsp3) is 0.200. The number of nitrogens with zero attached hydrogens (tertiary/aromatic N) is 1. The van der Waals surface area contributed by atoms with Gasteiger partial charge in [0.25, 0.3) is 5.91 Å². The van der Waals surface area contributed by atoms with Crippen LogP contribution in [0, 0.1) is 0 Å². The summed E-state index contributed by atoms with van der Waals surface area (Å²) in [6, 6.07) is 9.34. The van der Waals surface area contributed by atoms with Crippen molar-refractivity contribution in [1.29, 1.82) is 0 Å². The molecule has 0 aliphatic carbocycles. The molecule has 1 N–H and O–H groups in total. The second-order valence-electron chi connectivity index (χ2n) is 4.65. The Bertz CT molecular complexity index is 770. The molecule has 2 aromatic rings. The summed E-state index contributed by atoms with van der Waals surface area (Å²) in [7, 11) is -1.75. The first kappa shape index (κ1) is 16.0. The quantitative estimate of drug-likeness (QED) is 0.900. The Kier molecular flexibility index (Phi) is 4.77. The predicted octanol–water partition coefficient (Wildman–Crippen LogP) is 1.42. The first-order valence-corrected chi connectivity index (χ1v) is 8.37. The van der Waals surface area contributed by atoms with Gasteiger partial charge in [-0.05, 0) is 30.3 Å². The van der Waals surface area contributed by atoms with E-state index in [1.54, 1.807) is 18.3 Å². The van der Waals surface area contributed by atoms with Gasteiger partial charge in [0.1, 0.15) is 0 Å². The average molecular weight is 320 g/mol. The summed E-state index contributed by atoms with van der Waals surface area (Å²) in [5.74, 6) is 0.154. The summed E-state index contributed by atoms with van der Waals surface area (Å²) in [5.41, 5.74) is 1.14. The lowest BCUT2D eigenvalue weighted by atomic mass is 10.2. The van der Waals surface area contributed by atoms with E-state index in [4.69, 9.17) is 4.74 Å². The third-order valence-corrected chi connectivity index (χ3v) is 4.16. The SMILES string of the molecule is COc1ncccc1CNC(=O)c1ccc(S(C)(=O)=O)cc1. The molecule has 0 unspecified atom stereocenters. The summed E-state index contributed by atoms with van der Waals surface area (Å²) < 4.78 is 27.9. The number of hydrogen-bond donors (Lipinski definition) is 1. The van der Waals surface area contributed by atoms with E-state index in [0.29, 0.717) is 11.4 Å². The smallest absolute Gasteiger partial charge is 0.251 e. The van der Waals surface area contributed by atoms with Crippen LogP contribution in [0.5, 0.6) is 5.88 Å². The van der Waals surface area contributed by atoms with Crippen LogP contribution in [0.25, 0.3) is 0 Å². The molecule has 22 heavy (non-hydrogen) atoms. The minimum Gasteiger partial charge on any atom is -0.481 e. The van der Waals surface area contributed by atoms with Crippen molar-refractivity contribution in [2.75, 3.05) is 13.4 Å². The largest absolute Gasteiger partial charge is 0.481 e. The lowest BCUT2D eigenvalue weighted by Crippen LogP contribution is -2.23. The summed E-state index contributed by atoms with van der Waals surface area (Å²) in [4.78, 5) is 16.3. The van der Waals surface area contributed by atoms with E-state index in [-0.39, 0.29) is 17.3 Å². The second kappa shape index (κ2) is 6.57. The number of carbonyl (C=O) groups excluding carboxylic acids is 1. The van der Waals surface area contributed by atoms with Crippen LogP contribution in [0.1, 0.15) is 15.9 Å². The Hall–Kier alpha value is -2.41. The van der Waals surface area contributed by atoms with Gasteiger partial charge in [0.2, 0.25) is 5.88 Å². The minimum atomic E-state index is -3.27. The second-order valence-corrected chi connectivity index (χ2v) is 6.67. The molecule has 2 rings (SSSR count). The van der Waals surface area contributed by atoms with Gasteiger partial charge in [-0.25, -0.2) is 13.4 Å². The summed E-state index contributed by atoms with van der Waals surface area (Å²) in [6.45, 7) is 0.268. The number of ether oxygens (including phenoxy) is 1. The van der Waals surface area contributed by atoms with E-state index in [1.807, 2.05) is 0 Å². The van der Waals surface area contributed by atoms with Gasteiger partial charge < -0.3 is 10.1 Å². The molecule has 6 nitrogen and oxygen atoms in total. The standard InChI is InChI=1S/C15H16N2O4S/c1-21-15-12(4-3-9-16-15)10-17-14(18)11-5-7-13(8-6-11)22(2,19)20/h3-9H,10H2,1-2H3,(H,17,18). The first-order valence-electron chi connectivity index (χ1n) is 6.48. The maximum Gasteiger partial charge on any atom is 0.251 e. The third kappa shape index (κ3) is 3.82. The number of hydrogen-bond acceptors (Lipinski definition) is 5. The minimum absolute atomic E-state index is 0.179. The highest BCUT2D eigenvalue weighted by atomic mass is 32.2. The topological polar surface area (TPSA) is 85.4 Å². The zero-order valence-corrected chi connectivity index (χ0v) is 13.1. The Morgan fingerprint density at radius 2 is 1.91 bits per heavy atom. The van der Waals surface area contributed by atoms with Crippen molar-refractivity contribution in [2.24, 2.45) is 0 Å². The van der Waals surface area contributed by atoms with Crippen LogP contribution >= 0.6 is 0 Å². The molecule has 0 saturated heterocycles. The van der Waals surface area contributed by atoms with Gasteiger partial charge in [0.05, 0.1) is 12.0 Å². The van der Waals surface area contributed by atoms with Crippen molar-refractivity contribution in [3.63, 3.8) is 0 Å². The van der Waals surface area contributed by atoms with Crippen LogP contribution < -0.4 is 10.1 Å². The van der Waals surface area contributed by atoms with Crippen LogP contribution in [-0.4, -0.2) is 32.7 Å². The average Bonchev–Trinajstić information content (AvgIpc) is 2.52. The van der Waals surface area contributed by atoms with E-state index in [9.17, 15) is 13.2 Å². The number of sulfone groups is 1. The van der Waals surface area contributed by atoms with Crippen molar-refractivity contribution in [3.05, 3.63) is 53.7 Å². The van der Waals surface area contributed by atoms with E-state index in [1.165, 1.54) is 31.4 Å². The van der Waals surface area contributed by atoms with Gasteiger partial charge in [-0.2, -0.15) is 0 Å². The van der Waals surface area contributed by atoms with Crippen LogP contribution in [0.4, 0.5) is 0 Å². The van der Waals surface area contributed by atoms with Gasteiger partial charge in [0, 0.05) is 30.1 Å². The van der Waals surface area contributed by atoms with Crippen molar-refractivity contribution in [2.45, 2.75) is 11.4 Å². The molecule has 0 aliphatic heterocycles. The number of amides is 1. The number of pyridine rings is 1. The number of aromatic nitrogens is 1. The molecule has 1 aromatic heterocycles. The van der Waals surface area contributed by atoms with Gasteiger partial charge in [0.15, 0.2) is 9.84 Å². The third-order valence-electron chi connectivity index (χ3n) is 3.03. The molecule has 0 radical (unpaired) electrons. The van der Waals surface area contributed by atoms with Crippen LogP contribution in [0.15, 0.2) is 47.5 Å². The molecule has 1 aromatic carbocycles. The lowest BCUT2D eigenvalue weighted by Gasteiger charge is -2.08. The monoisotopic (exact) mass is 320 g/mol. The maximum atomic E-state index is 12.1. The Morgan fingerprint density at radius 3 is 2.50 bits per heavy atom. The van der Waals surface area contributed by atoms with E-state index >= 15 is 0 Å².